The molecule has 0 aliphatic carbocycles. The number of hydrogen-bond acceptors (Lipinski definition) is 3. The minimum Gasteiger partial charge on any atom is -0.356 e. The minimum absolute atomic E-state index is 0.376. The van der Waals surface area contributed by atoms with E-state index < -0.39 is 0 Å². The summed E-state index contributed by atoms with van der Waals surface area (Å²) in [6, 6.07) is 4.31. The Morgan fingerprint density at radius 2 is 2.05 bits per heavy atom. The summed E-state index contributed by atoms with van der Waals surface area (Å²) >= 11 is 0. The van der Waals surface area contributed by atoms with Gasteiger partial charge in [-0.3, -0.25) is 0 Å². The summed E-state index contributed by atoms with van der Waals surface area (Å²) in [5.74, 6) is 2.30. The largest absolute Gasteiger partial charge is 0.356 e. The Hall–Kier alpha value is -1.09. The van der Waals surface area contributed by atoms with E-state index in [1.807, 2.05) is 0 Å². The Morgan fingerprint density at radius 3 is 2.55 bits per heavy atom. The van der Waals surface area contributed by atoms with Gasteiger partial charge in [0.1, 0.15) is 5.82 Å². The molecule has 1 fully saturated rings. The molecule has 1 saturated heterocycles. The van der Waals surface area contributed by atoms with Crippen LogP contribution in [0.15, 0.2) is 12.1 Å². The predicted octanol–water partition coefficient (Wildman–Crippen LogP) is 3.54. The van der Waals surface area contributed by atoms with Gasteiger partial charge in [0.05, 0.1) is 0 Å². The average molecular weight is 275 g/mol. The maximum absolute atomic E-state index is 5.84. The van der Waals surface area contributed by atoms with Crippen molar-refractivity contribution in [3.8, 4) is 0 Å². The lowest BCUT2D eigenvalue weighted by atomic mass is 9.80. The van der Waals surface area contributed by atoms with Gasteiger partial charge in [0, 0.05) is 25.3 Å². The Balaban J connectivity index is 2.23. The molecule has 0 amide bonds. The molecular formula is C17H29N3. The summed E-state index contributed by atoms with van der Waals surface area (Å²) in [6.07, 6.45) is 1.26. The molecule has 3 nitrogen and oxygen atoms in total. The van der Waals surface area contributed by atoms with Gasteiger partial charge in [0.2, 0.25) is 0 Å². The molecule has 0 bridgehead atoms. The quantitative estimate of drug-likeness (QED) is 0.917. The Morgan fingerprint density at radius 1 is 1.35 bits per heavy atom. The van der Waals surface area contributed by atoms with Crippen molar-refractivity contribution in [2.75, 3.05) is 18.0 Å². The number of hydrogen-bond donors (Lipinski definition) is 1. The molecule has 2 heterocycles. The van der Waals surface area contributed by atoms with Crippen LogP contribution in [0.2, 0.25) is 0 Å². The van der Waals surface area contributed by atoms with Crippen LogP contribution < -0.4 is 10.6 Å². The zero-order valence-corrected chi connectivity index (χ0v) is 13.6. The van der Waals surface area contributed by atoms with Crippen LogP contribution in [-0.2, 0) is 6.54 Å². The van der Waals surface area contributed by atoms with Crippen LogP contribution in [0.1, 0.15) is 58.2 Å². The standard InChI is InChI=1S/C17H29N3/c1-12(2)15-8-13(10-18)9-16(19-15)20-7-6-14(11-20)17(3,4)5/h8-9,12,14H,6-7,10-11,18H2,1-5H3. The van der Waals surface area contributed by atoms with Gasteiger partial charge in [0.25, 0.3) is 0 Å². The number of aromatic nitrogens is 1. The molecule has 2 rings (SSSR count). The minimum atomic E-state index is 0.376. The van der Waals surface area contributed by atoms with Gasteiger partial charge in [-0.1, -0.05) is 34.6 Å². The molecule has 1 unspecified atom stereocenters. The highest BCUT2D eigenvalue weighted by molar-refractivity contribution is 5.44. The van der Waals surface area contributed by atoms with E-state index in [9.17, 15) is 0 Å². The van der Waals surface area contributed by atoms with Gasteiger partial charge in [0.15, 0.2) is 0 Å². The first-order valence-electron chi connectivity index (χ1n) is 7.77. The molecule has 20 heavy (non-hydrogen) atoms. The van der Waals surface area contributed by atoms with Gasteiger partial charge >= 0.3 is 0 Å². The number of rotatable bonds is 3. The van der Waals surface area contributed by atoms with Crippen LogP contribution in [-0.4, -0.2) is 18.1 Å². The van der Waals surface area contributed by atoms with Crippen LogP contribution >= 0.6 is 0 Å². The Labute approximate surface area is 123 Å². The molecule has 2 N–H and O–H groups in total. The van der Waals surface area contributed by atoms with Crippen LogP contribution in [0.3, 0.4) is 0 Å². The van der Waals surface area contributed by atoms with Crippen LogP contribution in [0.4, 0.5) is 5.82 Å². The first-order valence-corrected chi connectivity index (χ1v) is 7.77. The summed E-state index contributed by atoms with van der Waals surface area (Å²) in [6.45, 7) is 14.2. The third-order valence-corrected chi connectivity index (χ3v) is 4.46. The van der Waals surface area contributed by atoms with Crippen LogP contribution in [0.25, 0.3) is 0 Å². The second-order valence-electron chi connectivity index (χ2n) is 7.41. The van der Waals surface area contributed by atoms with E-state index >= 15 is 0 Å². The lowest BCUT2D eigenvalue weighted by Crippen LogP contribution is -2.26. The van der Waals surface area contributed by atoms with E-state index in [-0.39, 0.29) is 0 Å². The van der Waals surface area contributed by atoms with E-state index in [1.54, 1.807) is 0 Å². The monoisotopic (exact) mass is 275 g/mol. The van der Waals surface area contributed by atoms with Crippen molar-refractivity contribution >= 4 is 5.82 Å². The fraction of sp³-hybridized carbons (Fsp3) is 0.706. The first-order chi connectivity index (χ1) is 9.31. The zero-order valence-electron chi connectivity index (χ0n) is 13.6. The first kappa shape index (κ1) is 15.3. The van der Waals surface area contributed by atoms with Gasteiger partial charge in [-0.05, 0) is 41.4 Å². The molecule has 0 aromatic carbocycles. The van der Waals surface area contributed by atoms with E-state index in [0.29, 0.717) is 17.9 Å². The summed E-state index contributed by atoms with van der Waals surface area (Å²) in [7, 11) is 0. The second kappa shape index (κ2) is 5.72. The summed E-state index contributed by atoms with van der Waals surface area (Å²) < 4.78 is 0. The molecule has 1 aromatic rings. The number of pyridine rings is 1. The van der Waals surface area contributed by atoms with Crippen molar-refractivity contribution in [2.45, 2.75) is 53.5 Å². The van der Waals surface area contributed by atoms with Crippen molar-refractivity contribution in [1.29, 1.82) is 0 Å². The van der Waals surface area contributed by atoms with Crippen LogP contribution in [0, 0.1) is 11.3 Å². The van der Waals surface area contributed by atoms with E-state index in [1.165, 1.54) is 12.0 Å². The van der Waals surface area contributed by atoms with E-state index in [4.69, 9.17) is 10.7 Å². The second-order valence-corrected chi connectivity index (χ2v) is 7.41. The SMILES string of the molecule is CC(C)c1cc(CN)cc(N2CCC(C(C)(C)C)C2)n1. The molecule has 1 aliphatic heterocycles. The van der Waals surface area contributed by atoms with Gasteiger partial charge in [-0.2, -0.15) is 0 Å². The lowest BCUT2D eigenvalue weighted by molar-refractivity contribution is 0.263. The third kappa shape index (κ3) is 3.32. The van der Waals surface area contributed by atoms with Crippen molar-refractivity contribution in [3.63, 3.8) is 0 Å². The molecule has 1 aromatic heterocycles. The summed E-state index contributed by atoms with van der Waals surface area (Å²) in [4.78, 5) is 7.28. The van der Waals surface area contributed by atoms with E-state index in [2.05, 4.69) is 51.7 Å². The Kier molecular flexibility index (Phi) is 4.38. The highest BCUT2D eigenvalue weighted by atomic mass is 15.2. The lowest BCUT2D eigenvalue weighted by Gasteiger charge is -2.27. The fourth-order valence-corrected chi connectivity index (χ4v) is 2.85. The maximum atomic E-state index is 5.84. The van der Waals surface area contributed by atoms with Crippen molar-refractivity contribution in [2.24, 2.45) is 17.1 Å². The molecule has 0 spiro atoms. The molecule has 1 atom stereocenters. The van der Waals surface area contributed by atoms with E-state index in [0.717, 1.165) is 30.5 Å². The summed E-state index contributed by atoms with van der Waals surface area (Å²) in [5, 5.41) is 0. The van der Waals surface area contributed by atoms with Gasteiger partial charge in [-0.15, -0.1) is 0 Å². The molecular weight excluding hydrogens is 246 g/mol. The van der Waals surface area contributed by atoms with Crippen molar-refractivity contribution in [3.05, 3.63) is 23.4 Å². The average Bonchev–Trinajstić information content (AvgIpc) is 2.87. The van der Waals surface area contributed by atoms with Crippen molar-refractivity contribution in [1.82, 2.24) is 4.98 Å². The smallest absolute Gasteiger partial charge is 0.129 e. The molecule has 3 heteroatoms. The molecule has 1 aliphatic rings. The normalized spacial score (nSPS) is 19.9. The Bertz CT molecular complexity index is 460. The van der Waals surface area contributed by atoms with Gasteiger partial charge < -0.3 is 10.6 Å². The highest BCUT2D eigenvalue weighted by Gasteiger charge is 2.32. The zero-order chi connectivity index (χ0) is 14.9. The number of anilines is 1. The maximum Gasteiger partial charge on any atom is 0.129 e. The molecule has 0 saturated carbocycles. The fourth-order valence-electron chi connectivity index (χ4n) is 2.85. The summed E-state index contributed by atoms with van der Waals surface area (Å²) in [5.41, 5.74) is 8.56. The van der Waals surface area contributed by atoms with Gasteiger partial charge in [-0.25, -0.2) is 4.98 Å². The molecule has 112 valence electrons. The molecule has 0 radical (unpaired) electrons. The number of nitrogens with zero attached hydrogens (tertiary/aromatic N) is 2. The highest BCUT2D eigenvalue weighted by Crippen LogP contribution is 2.35. The third-order valence-electron chi connectivity index (χ3n) is 4.46. The number of nitrogens with two attached hydrogens (primary N) is 1. The van der Waals surface area contributed by atoms with Crippen LogP contribution in [0.5, 0.6) is 0 Å². The topological polar surface area (TPSA) is 42.1 Å². The van der Waals surface area contributed by atoms with Crippen molar-refractivity contribution < 1.29 is 0 Å². The predicted molar refractivity (Wildman–Crippen MR) is 86.0 cm³/mol.